The van der Waals surface area contributed by atoms with E-state index in [2.05, 4.69) is 10.6 Å². The third-order valence-corrected chi connectivity index (χ3v) is 8.81. The van der Waals surface area contributed by atoms with Crippen LogP contribution in [0.25, 0.3) is 0 Å². The first kappa shape index (κ1) is 50.3. The monoisotopic (exact) mass is 813 g/mol. The van der Waals surface area contributed by atoms with E-state index in [-0.39, 0.29) is 64.7 Å². The maximum Gasteiger partial charge on any atom is 2.00 e. The van der Waals surface area contributed by atoms with E-state index in [4.69, 9.17) is 19.0 Å². The first-order valence-electron chi connectivity index (χ1n) is 17.5. The number of Topliss-reactive ketones (excluding diaryl/α,β-unsaturated/α-hetero) is 1. The summed E-state index contributed by atoms with van der Waals surface area (Å²) in [6, 6.07) is 14.7. The van der Waals surface area contributed by atoms with Crippen LogP contribution in [0.2, 0.25) is 0 Å². The number of ether oxygens (including phenoxy) is 3. The van der Waals surface area contributed by atoms with Crippen LogP contribution in [0.1, 0.15) is 132 Å². The van der Waals surface area contributed by atoms with Gasteiger partial charge in [0, 0.05) is 31.4 Å². The van der Waals surface area contributed by atoms with Crippen LogP contribution in [-0.2, 0) is 30.1 Å². The molecule has 3 fully saturated rings. The summed E-state index contributed by atoms with van der Waals surface area (Å²) in [7, 11) is 3.01. The molecule has 2 aliphatic carbocycles. The summed E-state index contributed by atoms with van der Waals surface area (Å²) >= 11 is 0. The van der Waals surface area contributed by atoms with Crippen molar-refractivity contribution >= 4 is 46.9 Å². The zero-order valence-electron chi connectivity index (χ0n) is 33.5. The van der Waals surface area contributed by atoms with Gasteiger partial charge in [-0.3, -0.25) is 14.4 Å². The van der Waals surface area contributed by atoms with Crippen molar-refractivity contribution in [1.82, 2.24) is 15.7 Å². The molecule has 0 atom stereocenters. The molecule has 1 saturated heterocycles. The molecule has 13 heteroatoms. The third kappa shape index (κ3) is 15.5. The molecule has 0 bridgehead atoms. The van der Waals surface area contributed by atoms with Crippen LogP contribution in [0.5, 0.6) is 0 Å². The summed E-state index contributed by atoms with van der Waals surface area (Å²) in [5.74, 6) is -0.170. The van der Waals surface area contributed by atoms with Crippen molar-refractivity contribution in [2.24, 2.45) is 0 Å². The molecular weight excluding hydrogens is 755 g/mol. The van der Waals surface area contributed by atoms with Gasteiger partial charge >= 0.3 is 35.2 Å². The van der Waals surface area contributed by atoms with E-state index in [0.29, 0.717) is 11.1 Å². The Balaban J connectivity index is 0.000000860. The van der Waals surface area contributed by atoms with E-state index in [1.165, 1.54) is 25.0 Å². The van der Waals surface area contributed by atoms with Crippen LogP contribution in [0.4, 0.5) is 9.59 Å². The molecule has 0 spiro atoms. The molecule has 3 amide bonds. The van der Waals surface area contributed by atoms with Gasteiger partial charge in [0.15, 0.2) is 5.78 Å². The standard InChI is InChI=1S/C18H26N2O4.C17H23NO3.C4H8O.CH3.BrH.Mg/c1-17(2,3)24-16(22)19-18(11-6-12-18)14-9-7-13(8-10-14)15(21)20(4)23-5;1-12(19)13-6-8-14(9-7-13)17(10-5-11-17)18-15(20)21-16(2,3)4;1-2-4-5-3-1;;;/h7-10H,6,11-12H2,1-5H3,(H,19,22);6-9H,5,10-11H2,1-4H3,(H,18,20);1-4H2;1H3;1H;/q;;;-1;;+2/p-1. The van der Waals surface area contributed by atoms with E-state index < -0.39 is 28.9 Å². The molecule has 0 radical (unpaired) electrons. The fourth-order valence-corrected chi connectivity index (χ4v) is 5.76. The average molecular weight is 815 g/mol. The van der Waals surface area contributed by atoms with Crippen molar-refractivity contribution in [3.8, 4) is 0 Å². The maximum atomic E-state index is 12.1. The summed E-state index contributed by atoms with van der Waals surface area (Å²) in [6.07, 6.45) is 7.37. The van der Waals surface area contributed by atoms with Crippen molar-refractivity contribution in [3.63, 3.8) is 0 Å². The number of alkyl carbamates (subject to hydrolysis) is 2. The van der Waals surface area contributed by atoms with Gasteiger partial charge in [-0.15, -0.1) is 0 Å². The number of carbonyl (C=O) groups excluding carboxylic acids is 4. The van der Waals surface area contributed by atoms with Crippen LogP contribution in [0.15, 0.2) is 48.5 Å². The predicted molar refractivity (Wildman–Crippen MR) is 204 cm³/mol. The summed E-state index contributed by atoms with van der Waals surface area (Å²) in [6.45, 7) is 14.6. The summed E-state index contributed by atoms with van der Waals surface area (Å²) in [5, 5.41) is 7.18. The summed E-state index contributed by atoms with van der Waals surface area (Å²) in [5.41, 5.74) is 1.44. The minimum atomic E-state index is -0.532. The Morgan fingerprint density at radius 3 is 1.28 bits per heavy atom. The van der Waals surface area contributed by atoms with Crippen LogP contribution in [0.3, 0.4) is 0 Å². The third-order valence-electron chi connectivity index (χ3n) is 8.81. The van der Waals surface area contributed by atoms with Gasteiger partial charge in [-0.1, -0.05) is 36.4 Å². The number of ketones is 1. The van der Waals surface area contributed by atoms with Gasteiger partial charge in [-0.05, 0) is 123 Å². The molecule has 2 saturated carbocycles. The summed E-state index contributed by atoms with van der Waals surface area (Å²) < 4.78 is 15.7. The van der Waals surface area contributed by atoms with E-state index in [0.717, 1.165) is 62.9 Å². The van der Waals surface area contributed by atoms with E-state index >= 15 is 0 Å². The number of nitrogens with one attached hydrogen (secondary N) is 2. The molecule has 1 aliphatic heterocycles. The zero-order valence-corrected chi connectivity index (χ0v) is 36.5. The fourth-order valence-electron chi connectivity index (χ4n) is 5.76. The Bertz CT molecular complexity index is 1440. The maximum absolute atomic E-state index is 12.1. The van der Waals surface area contributed by atoms with Gasteiger partial charge in [0.25, 0.3) is 5.91 Å². The number of hydrogen-bond acceptors (Lipinski definition) is 8. The average Bonchev–Trinajstić information content (AvgIpc) is 3.59. The molecule has 3 aliphatic rings. The topological polar surface area (TPSA) is 132 Å². The van der Waals surface area contributed by atoms with Gasteiger partial charge < -0.3 is 49.3 Å². The van der Waals surface area contributed by atoms with Gasteiger partial charge in [0.2, 0.25) is 0 Å². The first-order valence-corrected chi connectivity index (χ1v) is 17.5. The molecule has 11 nitrogen and oxygen atoms in total. The quantitative estimate of drug-likeness (QED) is 0.175. The molecule has 0 aromatic heterocycles. The SMILES string of the molecule is C1CCOC1.CC(=O)c1ccc(C2(NC(=O)OC(C)(C)C)CCC2)cc1.CON(C)C(=O)c1ccc(C2(NC(=O)OC(C)(C)C)CCC2)cc1.[Br-].[CH3-].[Mg+2]. The van der Waals surface area contributed by atoms with Crippen LogP contribution in [-0.4, -0.2) is 90.6 Å². The number of amides is 3. The minimum absolute atomic E-state index is 0. The van der Waals surface area contributed by atoms with Gasteiger partial charge in [-0.25, -0.2) is 14.7 Å². The molecule has 292 valence electrons. The number of hydroxylamine groups is 2. The molecular formula is C40H60BrMgN3O8. The Morgan fingerprint density at radius 1 is 0.679 bits per heavy atom. The second kappa shape index (κ2) is 22.0. The Hall–Kier alpha value is -2.71. The molecule has 5 rings (SSSR count). The number of benzene rings is 2. The minimum Gasteiger partial charge on any atom is -1.00 e. The Labute approximate surface area is 343 Å². The van der Waals surface area contributed by atoms with E-state index in [9.17, 15) is 19.2 Å². The second-order valence-electron chi connectivity index (χ2n) is 15.1. The summed E-state index contributed by atoms with van der Waals surface area (Å²) in [4.78, 5) is 52.5. The number of hydrogen-bond donors (Lipinski definition) is 2. The van der Waals surface area contributed by atoms with Crippen molar-refractivity contribution in [2.75, 3.05) is 27.4 Å². The van der Waals surface area contributed by atoms with E-state index in [1.807, 2.05) is 77.9 Å². The Morgan fingerprint density at radius 2 is 1.04 bits per heavy atom. The van der Waals surface area contributed by atoms with Gasteiger partial charge in [0.1, 0.15) is 11.2 Å². The van der Waals surface area contributed by atoms with Crippen molar-refractivity contribution in [2.45, 2.75) is 122 Å². The molecule has 2 aromatic carbocycles. The second-order valence-corrected chi connectivity index (χ2v) is 15.1. The number of halogens is 1. The van der Waals surface area contributed by atoms with Crippen molar-refractivity contribution in [1.29, 1.82) is 0 Å². The predicted octanol–water partition coefficient (Wildman–Crippen LogP) is 4.89. The Kier molecular flexibility index (Phi) is 20.9. The molecule has 1 heterocycles. The first-order chi connectivity index (χ1) is 23.4. The zero-order chi connectivity index (χ0) is 37.2. The smallest absolute Gasteiger partial charge is 1.00 e. The van der Waals surface area contributed by atoms with Gasteiger partial charge in [0.05, 0.1) is 18.2 Å². The van der Waals surface area contributed by atoms with Crippen LogP contribution < -0.4 is 27.6 Å². The molecule has 53 heavy (non-hydrogen) atoms. The molecule has 2 N–H and O–H groups in total. The van der Waals surface area contributed by atoms with Crippen molar-refractivity contribution < 1.29 is 55.2 Å². The van der Waals surface area contributed by atoms with Crippen LogP contribution in [0, 0.1) is 7.43 Å². The normalized spacial score (nSPS) is 16.2. The largest absolute Gasteiger partial charge is 2.00 e. The van der Waals surface area contributed by atoms with Gasteiger partial charge in [-0.2, -0.15) is 0 Å². The van der Waals surface area contributed by atoms with Crippen LogP contribution >= 0.6 is 0 Å². The van der Waals surface area contributed by atoms with E-state index in [1.54, 1.807) is 26.1 Å². The number of nitrogens with zero attached hydrogens (tertiary/aromatic N) is 1. The van der Waals surface area contributed by atoms with Crippen molar-refractivity contribution in [3.05, 3.63) is 78.2 Å². The molecule has 0 unspecified atom stereocenters. The number of carbonyl (C=O) groups is 4. The number of rotatable bonds is 7. The molecule has 2 aromatic rings. The fraction of sp³-hybridized carbons (Fsp3) is 0.575.